The van der Waals surface area contributed by atoms with Crippen LogP contribution in [0.25, 0.3) is 5.65 Å². The minimum atomic E-state index is 0.000615. The fraction of sp³-hybridized carbons (Fsp3) is 0.500. The van der Waals surface area contributed by atoms with Gasteiger partial charge in [0.1, 0.15) is 5.65 Å². The number of rotatable bonds is 2. The molecule has 1 atom stereocenters. The zero-order valence-corrected chi connectivity index (χ0v) is 13.0. The molecular formula is C14H20BrN3. The minimum Gasteiger partial charge on any atom is -0.323 e. The molecule has 0 saturated heterocycles. The Morgan fingerprint density at radius 1 is 1.39 bits per heavy atom. The van der Waals surface area contributed by atoms with Crippen molar-refractivity contribution in [2.45, 2.75) is 45.6 Å². The molecule has 18 heavy (non-hydrogen) atoms. The molecule has 2 aromatic heterocycles. The lowest BCUT2D eigenvalue weighted by atomic mass is 9.89. The van der Waals surface area contributed by atoms with E-state index in [0.717, 1.165) is 27.9 Å². The van der Waals surface area contributed by atoms with Crippen molar-refractivity contribution in [3.05, 3.63) is 34.2 Å². The summed E-state index contributed by atoms with van der Waals surface area (Å²) < 4.78 is 3.15. The lowest BCUT2D eigenvalue weighted by Crippen LogP contribution is -2.20. The van der Waals surface area contributed by atoms with E-state index in [1.54, 1.807) is 0 Å². The zero-order valence-electron chi connectivity index (χ0n) is 11.4. The Balaban J connectivity index is 2.78. The quantitative estimate of drug-likeness (QED) is 0.917. The van der Waals surface area contributed by atoms with Gasteiger partial charge in [0, 0.05) is 22.1 Å². The summed E-state index contributed by atoms with van der Waals surface area (Å²) in [5.74, 6) is 0. The first-order valence-electron chi connectivity index (χ1n) is 6.28. The van der Waals surface area contributed by atoms with Crippen LogP contribution in [-0.4, -0.2) is 9.38 Å². The number of hydrogen-bond donors (Lipinski definition) is 1. The number of fused-ring (bicyclic) bond motifs is 1. The normalized spacial score (nSPS) is 14.1. The zero-order chi connectivity index (χ0) is 13.5. The second-order valence-electron chi connectivity index (χ2n) is 5.69. The molecular weight excluding hydrogens is 290 g/mol. The molecule has 2 heterocycles. The van der Waals surface area contributed by atoms with Gasteiger partial charge in [-0.2, -0.15) is 0 Å². The monoisotopic (exact) mass is 309 g/mol. The number of imidazole rings is 1. The van der Waals surface area contributed by atoms with Crippen molar-refractivity contribution in [3.8, 4) is 0 Å². The molecule has 2 N–H and O–H groups in total. The summed E-state index contributed by atoms with van der Waals surface area (Å²) in [6.07, 6.45) is 2.95. The fourth-order valence-electron chi connectivity index (χ4n) is 2.14. The van der Waals surface area contributed by atoms with Gasteiger partial charge in [-0.1, -0.05) is 27.7 Å². The molecule has 2 aromatic rings. The maximum absolute atomic E-state index is 6.28. The molecule has 2 rings (SSSR count). The standard InChI is InChI=1S/C14H20BrN3/c1-5-10(16)12-13(14(2,3)4)17-11-7-6-9(15)8-18(11)12/h6-8,10H,5,16H2,1-4H3. The van der Waals surface area contributed by atoms with Crippen LogP contribution in [0.3, 0.4) is 0 Å². The van der Waals surface area contributed by atoms with Gasteiger partial charge in [-0.15, -0.1) is 0 Å². The van der Waals surface area contributed by atoms with Crippen LogP contribution in [0.5, 0.6) is 0 Å². The third-order valence-corrected chi connectivity index (χ3v) is 3.59. The molecule has 0 saturated carbocycles. The third kappa shape index (κ3) is 2.31. The van der Waals surface area contributed by atoms with Crippen molar-refractivity contribution >= 4 is 21.6 Å². The van der Waals surface area contributed by atoms with E-state index in [0.29, 0.717) is 0 Å². The van der Waals surface area contributed by atoms with Crippen LogP contribution >= 0.6 is 15.9 Å². The Morgan fingerprint density at radius 2 is 2.06 bits per heavy atom. The Hall–Kier alpha value is -0.870. The molecule has 0 aliphatic rings. The fourth-order valence-corrected chi connectivity index (χ4v) is 2.47. The lowest BCUT2D eigenvalue weighted by molar-refractivity contribution is 0.545. The van der Waals surface area contributed by atoms with Crippen LogP contribution in [0.1, 0.15) is 51.5 Å². The first-order valence-corrected chi connectivity index (χ1v) is 7.07. The summed E-state index contributed by atoms with van der Waals surface area (Å²) in [5.41, 5.74) is 9.46. The van der Waals surface area contributed by atoms with Crippen LogP contribution in [0.15, 0.2) is 22.8 Å². The van der Waals surface area contributed by atoms with Crippen molar-refractivity contribution in [3.63, 3.8) is 0 Å². The van der Waals surface area contributed by atoms with Crippen LogP contribution in [0.4, 0.5) is 0 Å². The van der Waals surface area contributed by atoms with E-state index in [9.17, 15) is 0 Å². The average molecular weight is 310 g/mol. The molecule has 0 amide bonds. The largest absolute Gasteiger partial charge is 0.323 e. The Kier molecular flexibility index (Phi) is 3.52. The molecule has 0 aliphatic carbocycles. The lowest BCUT2D eigenvalue weighted by Gasteiger charge is -2.20. The van der Waals surface area contributed by atoms with Gasteiger partial charge in [-0.05, 0) is 34.5 Å². The highest BCUT2D eigenvalue weighted by molar-refractivity contribution is 9.10. The second-order valence-corrected chi connectivity index (χ2v) is 6.60. The Morgan fingerprint density at radius 3 is 2.61 bits per heavy atom. The molecule has 0 aliphatic heterocycles. The summed E-state index contributed by atoms with van der Waals surface area (Å²) in [6, 6.07) is 4.05. The smallest absolute Gasteiger partial charge is 0.137 e. The summed E-state index contributed by atoms with van der Waals surface area (Å²) in [7, 11) is 0. The van der Waals surface area contributed by atoms with Crippen LogP contribution in [0.2, 0.25) is 0 Å². The van der Waals surface area contributed by atoms with E-state index in [-0.39, 0.29) is 11.5 Å². The van der Waals surface area contributed by atoms with Gasteiger partial charge in [-0.25, -0.2) is 4.98 Å². The van der Waals surface area contributed by atoms with Crippen molar-refractivity contribution in [1.82, 2.24) is 9.38 Å². The highest BCUT2D eigenvalue weighted by atomic mass is 79.9. The minimum absolute atomic E-state index is 0.000615. The molecule has 0 bridgehead atoms. The van der Waals surface area contributed by atoms with Gasteiger partial charge >= 0.3 is 0 Å². The van der Waals surface area contributed by atoms with E-state index < -0.39 is 0 Å². The van der Waals surface area contributed by atoms with E-state index >= 15 is 0 Å². The topological polar surface area (TPSA) is 43.3 Å². The third-order valence-electron chi connectivity index (χ3n) is 3.12. The van der Waals surface area contributed by atoms with E-state index in [2.05, 4.69) is 48.0 Å². The van der Waals surface area contributed by atoms with Crippen LogP contribution in [-0.2, 0) is 5.41 Å². The Bertz CT molecular complexity index is 566. The summed E-state index contributed by atoms with van der Waals surface area (Å²) in [6.45, 7) is 8.63. The van der Waals surface area contributed by atoms with Crippen LogP contribution < -0.4 is 5.73 Å². The SMILES string of the molecule is CCC(N)c1c(C(C)(C)C)nc2ccc(Br)cn12. The first-order chi connectivity index (χ1) is 8.34. The van der Waals surface area contributed by atoms with E-state index in [4.69, 9.17) is 10.7 Å². The van der Waals surface area contributed by atoms with Gasteiger partial charge in [0.15, 0.2) is 0 Å². The average Bonchev–Trinajstić information content (AvgIpc) is 2.66. The van der Waals surface area contributed by atoms with Gasteiger partial charge < -0.3 is 10.1 Å². The summed E-state index contributed by atoms with van der Waals surface area (Å²) in [4.78, 5) is 4.76. The van der Waals surface area contributed by atoms with Crippen LogP contribution in [0, 0.1) is 0 Å². The molecule has 98 valence electrons. The number of halogens is 1. The number of nitrogens with two attached hydrogens (primary N) is 1. The van der Waals surface area contributed by atoms with Crippen molar-refractivity contribution < 1.29 is 0 Å². The summed E-state index contributed by atoms with van der Waals surface area (Å²) >= 11 is 3.51. The van der Waals surface area contributed by atoms with Crippen molar-refractivity contribution in [1.29, 1.82) is 0 Å². The molecule has 3 nitrogen and oxygen atoms in total. The van der Waals surface area contributed by atoms with Gasteiger partial charge in [0.25, 0.3) is 0 Å². The predicted octanol–water partition coefficient (Wildman–Crippen LogP) is 3.80. The molecule has 1 unspecified atom stereocenters. The summed E-state index contributed by atoms with van der Waals surface area (Å²) in [5, 5.41) is 0. The highest BCUT2D eigenvalue weighted by Crippen LogP contribution is 2.31. The number of aromatic nitrogens is 2. The molecule has 0 radical (unpaired) electrons. The molecule has 0 fully saturated rings. The maximum atomic E-state index is 6.28. The van der Waals surface area contributed by atoms with Crippen molar-refractivity contribution in [2.24, 2.45) is 5.73 Å². The second kappa shape index (κ2) is 4.67. The molecule has 4 heteroatoms. The van der Waals surface area contributed by atoms with E-state index in [1.807, 2.05) is 18.3 Å². The first kappa shape index (κ1) is 13.6. The van der Waals surface area contributed by atoms with Gasteiger partial charge in [0.05, 0.1) is 11.4 Å². The van der Waals surface area contributed by atoms with E-state index in [1.165, 1.54) is 0 Å². The number of pyridine rings is 1. The Labute approximate surface area is 117 Å². The maximum Gasteiger partial charge on any atom is 0.137 e. The highest BCUT2D eigenvalue weighted by Gasteiger charge is 2.26. The predicted molar refractivity (Wildman–Crippen MR) is 78.8 cm³/mol. The van der Waals surface area contributed by atoms with Gasteiger partial charge in [0.2, 0.25) is 0 Å². The molecule has 0 aromatic carbocycles. The van der Waals surface area contributed by atoms with Crippen molar-refractivity contribution in [2.75, 3.05) is 0 Å². The van der Waals surface area contributed by atoms with Gasteiger partial charge in [-0.3, -0.25) is 0 Å². The molecule has 0 spiro atoms. The number of hydrogen-bond acceptors (Lipinski definition) is 2. The number of nitrogens with zero attached hydrogens (tertiary/aromatic N) is 2.